The van der Waals surface area contributed by atoms with Crippen LogP contribution in [0.3, 0.4) is 0 Å². The number of H-pyrrole nitrogens is 1. The second-order valence-electron chi connectivity index (χ2n) is 3.87. The Kier molecular flexibility index (Phi) is 2.19. The fourth-order valence-corrected chi connectivity index (χ4v) is 1.91. The molecule has 0 amide bonds. The van der Waals surface area contributed by atoms with Crippen molar-refractivity contribution >= 4 is 5.65 Å². The number of aromatic amines is 1. The zero-order valence-electron chi connectivity index (χ0n) is 9.07. The van der Waals surface area contributed by atoms with Crippen molar-refractivity contribution in [2.24, 2.45) is 0 Å². The molecule has 3 aromatic rings. The average Bonchev–Trinajstić information content (AvgIpc) is 2.87. The molecule has 2 heterocycles. The minimum atomic E-state index is -4.37. The predicted molar refractivity (Wildman–Crippen MR) is 60.0 cm³/mol. The Morgan fingerprint density at radius 2 is 1.94 bits per heavy atom. The summed E-state index contributed by atoms with van der Waals surface area (Å²) in [5.41, 5.74) is 0.443. The van der Waals surface area contributed by atoms with Gasteiger partial charge in [-0.15, -0.1) is 0 Å². The van der Waals surface area contributed by atoms with Crippen molar-refractivity contribution in [3.8, 4) is 11.3 Å². The van der Waals surface area contributed by atoms with Gasteiger partial charge in [0.05, 0.1) is 11.3 Å². The number of fused-ring (bicyclic) bond motifs is 1. The summed E-state index contributed by atoms with van der Waals surface area (Å²) in [4.78, 5) is 4.01. The minimum Gasteiger partial charge on any atom is -0.292 e. The molecule has 6 heteroatoms. The molecule has 0 saturated carbocycles. The molecule has 1 N–H and O–H groups in total. The molecule has 0 radical (unpaired) electrons. The summed E-state index contributed by atoms with van der Waals surface area (Å²) in [6.07, 6.45) is -1.15. The lowest BCUT2D eigenvalue weighted by atomic mass is 10.0. The highest BCUT2D eigenvalue weighted by atomic mass is 19.4. The van der Waals surface area contributed by atoms with Crippen LogP contribution in [0.25, 0.3) is 16.9 Å². The van der Waals surface area contributed by atoms with Gasteiger partial charge in [0.15, 0.2) is 5.65 Å². The van der Waals surface area contributed by atoms with Crippen molar-refractivity contribution in [3.05, 3.63) is 48.3 Å². The maximum Gasteiger partial charge on any atom is 0.417 e. The molecule has 3 rings (SSSR count). The summed E-state index contributed by atoms with van der Waals surface area (Å²) in [5, 5.41) is 2.86. The maximum absolute atomic E-state index is 12.9. The maximum atomic E-state index is 12.9. The van der Waals surface area contributed by atoms with Crippen LogP contribution in [-0.2, 0) is 6.18 Å². The number of nitrogens with zero attached hydrogens (tertiary/aromatic N) is 2. The van der Waals surface area contributed by atoms with Gasteiger partial charge >= 0.3 is 6.18 Å². The summed E-state index contributed by atoms with van der Waals surface area (Å²) in [6, 6.07) is 7.05. The molecule has 1 aromatic carbocycles. The van der Waals surface area contributed by atoms with Crippen LogP contribution in [0.4, 0.5) is 13.2 Å². The number of aromatic nitrogens is 3. The Hall–Kier alpha value is -2.24. The third-order valence-corrected chi connectivity index (χ3v) is 2.71. The van der Waals surface area contributed by atoms with Crippen LogP contribution in [0.5, 0.6) is 0 Å². The van der Waals surface area contributed by atoms with Crippen molar-refractivity contribution in [2.45, 2.75) is 6.18 Å². The Bertz CT molecular complexity index is 665. The Labute approximate surface area is 99.9 Å². The summed E-state index contributed by atoms with van der Waals surface area (Å²) in [6.45, 7) is 0. The quantitative estimate of drug-likeness (QED) is 0.706. The lowest BCUT2D eigenvalue weighted by Crippen LogP contribution is -2.07. The highest BCUT2D eigenvalue weighted by Crippen LogP contribution is 2.36. The first kappa shape index (κ1) is 10.9. The summed E-state index contributed by atoms with van der Waals surface area (Å²) in [5.74, 6) is 0. The first-order chi connectivity index (χ1) is 8.55. The van der Waals surface area contributed by atoms with Crippen LogP contribution >= 0.6 is 0 Å². The number of hydrogen-bond acceptors (Lipinski definition) is 1. The van der Waals surface area contributed by atoms with E-state index in [1.54, 1.807) is 29.0 Å². The topological polar surface area (TPSA) is 33.1 Å². The van der Waals surface area contributed by atoms with Crippen molar-refractivity contribution in [3.63, 3.8) is 0 Å². The number of halogens is 3. The molecular formula is C12H8F3N3. The predicted octanol–water partition coefficient (Wildman–Crippen LogP) is 3.35. The number of alkyl halides is 3. The first-order valence-electron chi connectivity index (χ1n) is 5.24. The summed E-state index contributed by atoms with van der Waals surface area (Å²) >= 11 is 0. The van der Waals surface area contributed by atoms with E-state index < -0.39 is 11.7 Å². The molecule has 0 unspecified atom stereocenters. The highest BCUT2D eigenvalue weighted by Gasteiger charge is 2.33. The SMILES string of the molecule is FC(F)(F)c1ccccc1-c1cc2nccn2[nH]1. The van der Waals surface area contributed by atoms with E-state index in [0.717, 1.165) is 6.07 Å². The third kappa shape index (κ3) is 1.66. The number of benzene rings is 1. The molecule has 0 bridgehead atoms. The number of nitrogens with one attached hydrogen (secondary N) is 1. The normalized spacial score (nSPS) is 12.2. The molecule has 0 aliphatic heterocycles. The van der Waals surface area contributed by atoms with Crippen molar-refractivity contribution in [2.75, 3.05) is 0 Å². The number of hydrogen-bond donors (Lipinski definition) is 1. The Morgan fingerprint density at radius 3 is 2.67 bits per heavy atom. The van der Waals surface area contributed by atoms with Crippen LogP contribution < -0.4 is 0 Å². The van der Waals surface area contributed by atoms with Crippen LogP contribution in [0.15, 0.2) is 42.7 Å². The molecule has 18 heavy (non-hydrogen) atoms. The van der Waals surface area contributed by atoms with Crippen LogP contribution in [-0.4, -0.2) is 14.6 Å². The minimum absolute atomic E-state index is 0.121. The van der Waals surface area contributed by atoms with E-state index in [1.165, 1.54) is 12.1 Å². The van der Waals surface area contributed by atoms with Gasteiger partial charge in [-0.1, -0.05) is 18.2 Å². The second kappa shape index (κ2) is 3.63. The van der Waals surface area contributed by atoms with E-state index in [0.29, 0.717) is 11.3 Å². The van der Waals surface area contributed by atoms with Crippen LogP contribution in [0.2, 0.25) is 0 Å². The molecular weight excluding hydrogens is 243 g/mol. The average molecular weight is 251 g/mol. The standard InChI is InChI=1S/C12H8F3N3/c13-12(14,15)9-4-2-1-3-8(9)10-7-11-16-5-6-18(11)17-10/h1-7,17H. The van der Waals surface area contributed by atoms with Gasteiger partial charge in [0.2, 0.25) is 0 Å². The zero-order chi connectivity index (χ0) is 12.8. The van der Waals surface area contributed by atoms with Gasteiger partial charge in [-0.25, -0.2) is 9.50 Å². The van der Waals surface area contributed by atoms with E-state index in [4.69, 9.17) is 0 Å². The molecule has 92 valence electrons. The van der Waals surface area contributed by atoms with Crippen LogP contribution in [0.1, 0.15) is 5.56 Å². The van der Waals surface area contributed by atoms with Crippen molar-refractivity contribution in [1.29, 1.82) is 0 Å². The largest absolute Gasteiger partial charge is 0.417 e. The van der Waals surface area contributed by atoms with E-state index in [2.05, 4.69) is 10.1 Å². The molecule has 0 saturated heterocycles. The van der Waals surface area contributed by atoms with Gasteiger partial charge in [-0.2, -0.15) is 13.2 Å². The Balaban J connectivity index is 2.20. The molecule has 0 aliphatic rings. The fourth-order valence-electron chi connectivity index (χ4n) is 1.91. The van der Waals surface area contributed by atoms with E-state index >= 15 is 0 Å². The number of imidazole rings is 1. The lowest BCUT2D eigenvalue weighted by Gasteiger charge is -2.10. The van der Waals surface area contributed by atoms with Crippen molar-refractivity contribution in [1.82, 2.24) is 14.6 Å². The third-order valence-electron chi connectivity index (χ3n) is 2.71. The smallest absolute Gasteiger partial charge is 0.292 e. The van der Waals surface area contributed by atoms with E-state index in [-0.39, 0.29) is 5.56 Å². The molecule has 3 nitrogen and oxygen atoms in total. The van der Waals surface area contributed by atoms with Crippen molar-refractivity contribution < 1.29 is 13.2 Å². The van der Waals surface area contributed by atoms with E-state index in [9.17, 15) is 13.2 Å². The molecule has 0 fully saturated rings. The lowest BCUT2D eigenvalue weighted by molar-refractivity contribution is -0.137. The van der Waals surface area contributed by atoms with Gasteiger partial charge in [-0.05, 0) is 6.07 Å². The van der Waals surface area contributed by atoms with Crippen LogP contribution in [0, 0.1) is 0 Å². The summed E-state index contributed by atoms with van der Waals surface area (Å²) < 4.78 is 40.2. The van der Waals surface area contributed by atoms with Gasteiger partial charge in [-0.3, -0.25) is 5.10 Å². The Morgan fingerprint density at radius 1 is 1.17 bits per heavy atom. The van der Waals surface area contributed by atoms with Gasteiger partial charge in [0, 0.05) is 24.0 Å². The van der Waals surface area contributed by atoms with Gasteiger partial charge in [0.25, 0.3) is 0 Å². The monoisotopic (exact) mass is 251 g/mol. The van der Waals surface area contributed by atoms with Gasteiger partial charge < -0.3 is 0 Å². The zero-order valence-corrected chi connectivity index (χ0v) is 9.07. The van der Waals surface area contributed by atoms with E-state index in [1.807, 2.05) is 0 Å². The molecule has 0 aliphatic carbocycles. The fraction of sp³-hybridized carbons (Fsp3) is 0.0833. The molecule has 0 atom stereocenters. The number of rotatable bonds is 1. The molecule has 0 spiro atoms. The highest BCUT2D eigenvalue weighted by molar-refractivity contribution is 5.68. The molecule has 2 aromatic heterocycles. The second-order valence-corrected chi connectivity index (χ2v) is 3.87. The summed E-state index contributed by atoms with van der Waals surface area (Å²) in [7, 11) is 0. The first-order valence-corrected chi connectivity index (χ1v) is 5.24. The van der Waals surface area contributed by atoms with Gasteiger partial charge in [0.1, 0.15) is 0 Å².